The van der Waals surface area contributed by atoms with Crippen molar-refractivity contribution >= 4 is 14.9 Å². The highest BCUT2D eigenvalue weighted by Gasteiger charge is 2.21. The first-order chi connectivity index (χ1) is 9.75. The summed E-state index contributed by atoms with van der Waals surface area (Å²) in [6.45, 7) is 1.81. The summed E-state index contributed by atoms with van der Waals surface area (Å²) in [5.74, 6) is 0.618. The molecule has 0 heterocycles. The van der Waals surface area contributed by atoms with Crippen molar-refractivity contribution in [1.82, 2.24) is 5.09 Å². The molecular formula is C15H22NO3P. The van der Waals surface area contributed by atoms with Gasteiger partial charge in [-0.2, -0.15) is 0 Å². The molecule has 1 N–H and O–H groups in total. The molecule has 1 aromatic carbocycles. The molecule has 5 heteroatoms. The molecule has 0 bridgehead atoms. The second-order valence-electron chi connectivity index (χ2n) is 5.08. The zero-order valence-electron chi connectivity index (χ0n) is 11.8. The van der Waals surface area contributed by atoms with Crippen LogP contribution in [0.2, 0.25) is 0 Å². The number of carbonyl (C=O) groups is 1. The minimum absolute atomic E-state index is 0.0441. The zero-order chi connectivity index (χ0) is 14.2. The number of ether oxygens (including phenoxy) is 1. The lowest BCUT2D eigenvalue weighted by molar-refractivity contribution is -0.152. The van der Waals surface area contributed by atoms with E-state index >= 15 is 0 Å². The Morgan fingerprint density at radius 1 is 1.25 bits per heavy atom. The van der Waals surface area contributed by atoms with Gasteiger partial charge < -0.3 is 9.26 Å². The van der Waals surface area contributed by atoms with Crippen LogP contribution < -0.4 is 9.61 Å². The lowest BCUT2D eigenvalue weighted by Crippen LogP contribution is -2.34. The molecule has 1 aromatic rings. The number of hydrogen-bond donors (Lipinski definition) is 1. The Morgan fingerprint density at radius 3 is 2.65 bits per heavy atom. The molecule has 0 aliphatic heterocycles. The highest BCUT2D eigenvalue weighted by atomic mass is 31.1. The van der Waals surface area contributed by atoms with Gasteiger partial charge in [-0.25, -0.2) is 0 Å². The molecule has 4 nitrogen and oxygen atoms in total. The van der Waals surface area contributed by atoms with Gasteiger partial charge in [0.1, 0.15) is 26.9 Å². The fourth-order valence-electron chi connectivity index (χ4n) is 2.17. The monoisotopic (exact) mass is 295 g/mol. The van der Waals surface area contributed by atoms with E-state index in [1.54, 1.807) is 0 Å². The van der Waals surface area contributed by atoms with Gasteiger partial charge in [0.05, 0.1) is 0 Å². The van der Waals surface area contributed by atoms with Crippen LogP contribution in [0.5, 0.6) is 5.75 Å². The molecule has 2 rings (SSSR count). The van der Waals surface area contributed by atoms with Gasteiger partial charge in [-0.1, -0.05) is 24.6 Å². The summed E-state index contributed by atoms with van der Waals surface area (Å²) in [5.41, 5.74) is 0. The molecule has 0 saturated heterocycles. The summed E-state index contributed by atoms with van der Waals surface area (Å²) < 4.78 is 11.0. The number of carbonyl (C=O) groups excluding carboxylic acids is 1. The Kier molecular flexibility index (Phi) is 6.28. The molecule has 0 amide bonds. The summed E-state index contributed by atoms with van der Waals surface area (Å²) in [6.07, 6.45) is 5.70. The molecule has 1 unspecified atom stereocenters. The van der Waals surface area contributed by atoms with Gasteiger partial charge in [0.2, 0.25) is 0 Å². The summed E-state index contributed by atoms with van der Waals surface area (Å²) in [7, 11) is 0.0441. The third-order valence-electron chi connectivity index (χ3n) is 3.38. The van der Waals surface area contributed by atoms with Crippen molar-refractivity contribution in [1.29, 1.82) is 0 Å². The maximum Gasteiger partial charge on any atom is 0.323 e. The van der Waals surface area contributed by atoms with E-state index in [2.05, 4.69) is 5.09 Å². The predicted molar refractivity (Wildman–Crippen MR) is 80.9 cm³/mol. The molecule has 1 saturated carbocycles. The van der Waals surface area contributed by atoms with E-state index in [0.717, 1.165) is 18.6 Å². The van der Waals surface area contributed by atoms with Gasteiger partial charge in [0.15, 0.2) is 0 Å². The average molecular weight is 295 g/mol. The van der Waals surface area contributed by atoms with E-state index in [0.29, 0.717) is 0 Å². The SMILES string of the molecule is C[C@H](NPOc1ccccc1)C(=O)OC1CCCCC1. The summed E-state index contributed by atoms with van der Waals surface area (Å²) in [5, 5.41) is 3.05. The van der Waals surface area contributed by atoms with Gasteiger partial charge in [0, 0.05) is 0 Å². The minimum atomic E-state index is -0.334. The Bertz CT molecular complexity index is 407. The van der Waals surface area contributed by atoms with E-state index in [-0.39, 0.29) is 27.1 Å². The van der Waals surface area contributed by atoms with Crippen LogP contribution in [0.3, 0.4) is 0 Å². The van der Waals surface area contributed by atoms with E-state index < -0.39 is 0 Å². The van der Waals surface area contributed by atoms with Crippen molar-refractivity contribution in [3.05, 3.63) is 30.3 Å². The van der Waals surface area contributed by atoms with Gasteiger partial charge in [-0.05, 0) is 44.7 Å². The molecule has 0 radical (unpaired) electrons. The van der Waals surface area contributed by atoms with Crippen molar-refractivity contribution in [3.8, 4) is 5.75 Å². The Morgan fingerprint density at radius 2 is 1.95 bits per heavy atom. The van der Waals surface area contributed by atoms with Crippen molar-refractivity contribution < 1.29 is 14.1 Å². The first-order valence-electron chi connectivity index (χ1n) is 7.18. The molecule has 1 aliphatic carbocycles. The van der Waals surface area contributed by atoms with E-state index in [4.69, 9.17) is 9.26 Å². The second kappa shape index (κ2) is 8.23. The molecule has 1 fully saturated rings. The predicted octanol–water partition coefficient (Wildman–Crippen LogP) is 3.43. The summed E-state index contributed by atoms with van der Waals surface area (Å²) in [4.78, 5) is 11.9. The number of benzene rings is 1. The molecule has 110 valence electrons. The number of esters is 1. The van der Waals surface area contributed by atoms with Crippen LogP contribution in [-0.4, -0.2) is 18.1 Å². The standard InChI is InChI=1S/C15H22NO3P/c1-12(15(17)18-13-8-4-2-5-9-13)16-20-19-14-10-6-3-7-11-14/h3,6-7,10-13,16,20H,2,4-5,8-9H2,1H3/t12-/m0/s1. The van der Waals surface area contributed by atoms with E-state index in [9.17, 15) is 4.79 Å². The van der Waals surface area contributed by atoms with Crippen LogP contribution >= 0.6 is 8.96 Å². The topological polar surface area (TPSA) is 47.6 Å². The van der Waals surface area contributed by atoms with Crippen molar-refractivity contribution in [2.24, 2.45) is 0 Å². The number of para-hydroxylation sites is 1. The maximum absolute atomic E-state index is 11.9. The zero-order valence-corrected chi connectivity index (χ0v) is 12.8. The quantitative estimate of drug-likeness (QED) is 0.645. The van der Waals surface area contributed by atoms with Crippen LogP contribution in [0.1, 0.15) is 39.0 Å². The highest BCUT2D eigenvalue weighted by Crippen LogP contribution is 2.21. The molecule has 2 atom stereocenters. The van der Waals surface area contributed by atoms with E-state index in [1.165, 1.54) is 19.3 Å². The highest BCUT2D eigenvalue weighted by molar-refractivity contribution is 7.30. The van der Waals surface area contributed by atoms with Gasteiger partial charge in [-0.3, -0.25) is 9.88 Å². The van der Waals surface area contributed by atoms with Gasteiger partial charge in [0.25, 0.3) is 0 Å². The summed E-state index contributed by atoms with van der Waals surface area (Å²) in [6, 6.07) is 9.22. The maximum atomic E-state index is 11.9. The van der Waals surface area contributed by atoms with Crippen LogP contribution in [0.15, 0.2) is 30.3 Å². The average Bonchev–Trinajstić information content (AvgIpc) is 2.49. The third-order valence-corrected chi connectivity index (χ3v) is 4.26. The molecule has 20 heavy (non-hydrogen) atoms. The lowest BCUT2D eigenvalue weighted by Gasteiger charge is -2.23. The Labute approximate surface area is 122 Å². The fraction of sp³-hybridized carbons (Fsp3) is 0.533. The van der Waals surface area contributed by atoms with Gasteiger partial charge in [-0.15, -0.1) is 0 Å². The number of hydrogen-bond acceptors (Lipinski definition) is 4. The third kappa shape index (κ3) is 5.10. The minimum Gasteiger partial charge on any atom is -0.461 e. The van der Waals surface area contributed by atoms with Crippen molar-refractivity contribution in [2.75, 3.05) is 0 Å². The largest absolute Gasteiger partial charge is 0.461 e. The second-order valence-corrected chi connectivity index (χ2v) is 5.78. The molecule has 1 aliphatic rings. The Balaban J connectivity index is 1.65. The summed E-state index contributed by atoms with van der Waals surface area (Å²) >= 11 is 0. The molecular weight excluding hydrogens is 273 g/mol. The van der Waals surface area contributed by atoms with E-state index in [1.807, 2.05) is 37.3 Å². The first kappa shape index (κ1) is 15.3. The first-order valence-corrected chi connectivity index (χ1v) is 8.09. The van der Waals surface area contributed by atoms with Crippen LogP contribution in [0.25, 0.3) is 0 Å². The lowest BCUT2D eigenvalue weighted by atomic mass is 9.98. The van der Waals surface area contributed by atoms with Crippen molar-refractivity contribution in [2.45, 2.75) is 51.2 Å². The fourth-order valence-corrected chi connectivity index (χ4v) is 2.78. The number of nitrogens with one attached hydrogen (secondary N) is 1. The van der Waals surface area contributed by atoms with Crippen molar-refractivity contribution in [3.63, 3.8) is 0 Å². The molecule has 0 spiro atoms. The van der Waals surface area contributed by atoms with Crippen LogP contribution in [0, 0.1) is 0 Å². The number of rotatable bonds is 6. The van der Waals surface area contributed by atoms with Crippen LogP contribution in [-0.2, 0) is 9.53 Å². The normalized spacial score (nSPS) is 18.1. The van der Waals surface area contributed by atoms with Crippen LogP contribution in [0.4, 0.5) is 0 Å². The smallest absolute Gasteiger partial charge is 0.323 e. The molecule has 0 aromatic heterocycles. The Hall–Kier alpha value is -1.12. The van der Waals surface area contributed by atoms with Gasteiger partial charge >= 0.3 is 5.97 Å².